The topological polar surface area (TPSA) is 15.3 Å². The highest BCUT2D eigenvalue weighted by Crippen LogP contribution is 2.31. The zero-order valence-corrected chi connectivity index (χ0v) is 11.8. The van der Waals surface area contributed by atoms with E-state index in [1.165, 1.54) is 64.6 Å². The fourth-order valence-corrected chi connectivity index (χ4v) is 3.84. The summed E-state index contributed by atoms with van der Waals surface area (Å²) >= 11 is 0. The van der Waals surface area contributed by atoms with E-state index in [9.17, 15) is 0 Å². The first kappa shape index (κ1) is 13.4. The lowest BCUT2D eigenvalue weighted by molar-refractivity contribution is 0.0789. The van der Waals surface area contributed by atoms with Crippen LogP contribution in [-0.2, 0) is 0 Å². The number of nitrogens with zero attached hydrogens (tertiary/aromatic N) is 1. The van der Waals surface area contributed by atoms with Crippen LogP contribution < -0.4 is 5.32 Å². The third-order valence-electron chi connectivity index (χ3n) is 5.01. The highest BCUT2D eigenvalue weighted by molar-refractivity contribution is 4.85. The summed E-state index contributed by atoms with van der Waals surface area (Å²) in [5.41, 5.74) is 0. The van der Waals surface area contributed by atoms with Crippen LogP contribution in [-0.4, -0.2) is 36.6 Å². The molecule has 0 aromatic rings. The number of piperidine rings is 1. The van der Waals surface area contributed by atoms with Crippen molar-refractivity contribution in [3.05, 3.63) is 0 Å². The van der Waals surface area contributed by atoms with Gasteiger partial charge in [-0.1, -0.05) is 20.3 Å². The fraction of sp³-hybridized carbons (Fsp3) is 1.00. The van der Waals surface area contributed by atoms with E-state index in [4.69, 9.17) is 0 Å². The molecule has 0 aromatic carbocycles. The zero-order valence-electron chi connectivity index (χ0n) is 11.8. The van der Waals surface area contributed by atoms with Gasteiger partial charge in [0.15, 0.2) is 0 Å². The number of hydrogen-bond acceptors (Lipinski definition) is 2. The van der Waals surface area contributed by atoms with E-state index in [0.29, 0.717) is 0 Å². The van der Waals surface area contributed by atoms with Crippen molar-refractivity contribution in [2.75, 3.05) is 19.6 Å². The van der Waals surface area contributed by atoms with Crippen molar-refractivity contribution < 1.29 is 0 Å². The average molecular weight is 238 g/mol. The van der Waals surface area contributed by atoms with E-state index in [1.807, 2.05) is 0 Å². The van der Waals surface area contributed by atoms with Gasteiger partial charge in [0.1, 0.15) is 0 Å². The predicted octanol–water partition coefficient (Wildman–Crippen LogP) is 3.03. The van der Waals surface area contributed by atoms with Gasteiger partial charge in [-0.25, -0.2) is 0 Å². The van der Waals surface area contributed by atoms with Crippen LogP contribution in [0.4, 0.5) is 0 Å². The fourth-order valence-electron chi connectivity index (χ4n) is 3.84. The molecule has 0 spiro atoms. The minimum Gasteiger partial charge on any atom is -0.317 e. The van der Waals surface area contributed by atoms with Gasteiger partial charge in [-0.05, 0) is 64.1 Å². The molecule has 2 aliphatic rings. The van der Waals surface area contributed by atoms with E-state index in [2.05, 4.69) is 24.1 Å². The van der Waals surface area contributed by atoms with Gasteiger partial charge in [0, 0.05) is 12.1 Å². The van der Waals surface area contributed by atoms with E-state index in [-0.39, 0.29) is 0 Å². The van der Waals surface area contributed by atoms with E-state index >= 15 is 0 Å². The minimum absolute atomic E-state index is 0.865. The Morgan fingerprint density at radius 1 is 0.882 bits per heavy atom. The Morgan fingerprint density at radius 2 is 1.47 bits per heavy atom. The van der Waals surface area contributed by atoms with Crippen LogP contribution in [0, 0.1) is 5.92 Å². The Bertz CT molecular complexity index is 203. The number of rotatable bonds is 4. The molecule has 100 valence electrons. The molecule has 0 amide bonds. The summed E-state index contributed by atoms with van der Waals surface area (Å²) in [6.45, 7) is 8.42. The highest BCUT2D eigenvalue weighted by Gasteiger charge is 2.29. The maximum absolute atomic E-state index is 3.49. The molecule has 0 radical (unpaired) electrons. The van der Waals surface area contributed by atoms with Crippen molar-refractivity contribution in [2.24, 2.45) is 5.92 Å². The third kappa shape index (κ3) is 3.45. The van der Waals surface area contributed by atoms with Gasteiger partial charge in [0.2, 0.25) is 0 Å². The predicted molar refractivity (Wildman–Crippen MR) is 74.3 cm³/mol. The summed E-state index contributed by atoms with van der Waals surface area (Å²) in [4.78, 5) is 2.83. The molecular formula is C15H30N2. The van der Waals surface area contributed by atoms with Gasteiger partial charge in [-0.3, -0.25) is 4.90 Å². The SMILES string of the molecule is CCC1CCC(N(CC)C2CCNCC2)CC1. The quantitative estimate of drug-likeness (QED) is 0.810. The molecule has 0 unspecified atom stereocenters. The summed E-state index contributed by atoms with van der Waals surface area (Å²) in [5.74, 6) is 1.03. The van der Waals surface area contributed by atoms with E-state index < -0.39 is 0 Å². The molecule has 2 fully saturated rings. The van der Waals surface area contributed by atoms with Crippen LogP contribution in [0.2, 0.25) is 0 Å². The van der Waals surface area contributed by atoms with Crippen LogP contribution in [0.15, 0.2) is 0 Å². The second kappa shape index (κ2) is 6.75. The summed E-state index contributed by atoms with van der Waals surface area (Å²) < 4.78 is 0. The first-order chi connectivity index (χ1) is 8.35. The Kier molecular flexibility index (Phi) is 5.30. The van der Waals surface area contributed by atoms with Crippen LogP contribution in [0.5, 0.6) is 0 Å². The van der Waals surface area contributed by atoms with Crippen molar-refractivity contribution >= 4 is 0 Å². The van der Waals surface area contributed by atoms with Gasteiger partial charge in [0.05, 0.1) is 0 Å². The third-order valence-corrected chi connectivity index (χ3v) is 5.01. The Labute approximate surface area is 107 Å². The largest absolute Gasteiger partial charge is 0.317 e. The smallest absolute Gasteiger partial charge is 0.0122 e. The lowest BCUT2D eigenvalue weighted by atomic mass is 9.83. The molecule has 0 bridgehead atoms. The maximum atomic E-state index is 3.49. The van der Waals surface area contributed by atoms with Crippen molar-refractivity contribution in [2.45, 2.75) is 70.9 Å². The molecule has 17 heavy (non-hydrogen) atoms. The van der Waals surface area contributed by atoms with E-state index in [0.717, 1.165) is 18.0 Å². The first-order valence-electron chi connectivity index (χ1n) is 7.81. The van der Waals surface area contributed by atoms with Crippen LogP contribution in [0.3, 0.4) is 0 Å². The van der Waals surface area contributed by atoms with Gasteiger partial charge >= 0.3 is 0 Å². The van der Waals surface area contributed by atoms with Crippen LogP contribution >= 0.6 is 0 Å². The second-order valence-corrected chi connectivity index (χ2v) is 5.89. The molecule has 0 aromatic heterocycles. The number of nitrogens with one attached hydrogen (secondary N) is 1. The highest BCUT2D eigenvalue weighted by atomic mass is 15.2. The molecule has 0 atom stereocenters. The molecule has 1 N–H and O–H groups in total. The van der Waals surface area contributed by atoms with Crippen molar-refractivity contribution in [1.29, 1.82) is 0 Å². The van der Waals surface area contributed by atoms with Crippen LogP contribution in [0.1, 0.15) is 58.8 Å². The summed E-state index contributed by atoms with van der Waals surface area (Å²) in [7, 11) is 0. The summed E-state index contributed by atoms with van der Waals surface area (Å²) in [5, 5.41) is 3.49. The van der Waals surface area contributed by atoms with Crippen molar-refractivity contribution in [3.63, 3.8) is 0 Å². The molecule has 1 saturated heterocycles. The molecule has 1 heterocycles. The molecule has 1 aliphatic heterocycles. The first-order valence-corrected chi connectivity index (χ1v) is 7.81. The van der Waals surface area contributed by atoms with Crippen molar-refractivity contribution in [3.8, 4) is 0 Å². The molecule has 2 nitrogen and oxygen atoms in total. The normalized spacial score (nSPS) is 31.9. The van der Waals surface area contributed by atoms with Gasteiger partial charge in [0.25, 0.3) is 0 Å². The zero-order chi connectivity index (χ0) is 12.1. The molecule has 2 rings (SSSR count). The minimum atomic E-state index is 0.865. The second-order valence-electron chi connectivity index (χ2n) is 5.89. The van der Waals surface area contributed by atoms with Gasteiger partial charge in [-0.2, -0.15) is 0 Å². The Hall–Kier alpha value is -0.0800. The lowest BCUT2D eigenvalue weighted by Gasteiger charge is -2.42. The monoisotopic (exact) mass is 238 g/mol. The Balaban J connectivity index is 1.85. The summed E-state index contributed by atoms with van der Waals surface area (Å²) in [6.07, 6.45) is 9.98. The van der Waals surface area contributed by atoms with Gasteiger partial charge in [-0.15, -0.1) is 0 Å². The molecular weight excluding hydrogens is 208 g/mol. The van der Waals surface area contributed by atoms with Crippen LogP contribution in [0.25, 0.3) is 0 Å². The molecule has 1 aliphatic carbocycles. The van der Waals surface area contributed by atoms with Crippen molar-refractivity contribution in [1.82, 2.24) is 10.2 Å². The average Bonchev–Trinajstić information content (AvgIpc) is 2.42. The Morgan fingerprint density at radius 3 is 2.00 bits per heavy atom. The number of hydrogen-bond donors (Lipinski definition) is 1. The summed E-state index contributed by atoms with van der Waals surface area (Å²) in [6, 6.07) is 1.76. The molecule has 2 heteroatoms. The maximum Gasteiger partial charge on any atom is 0.0122 e. The standard InChI is InChI=1S/C15H30N2/c1-3-13-5-7-14(8-6-13)17(4-2)15-9-11-16-12-10-15/h13-16H,3-12H2,1-2H3. The molecule has 1 saturated carbocycles. The lowest BCUT2D eigenvalue weighted by Crippen LogP contribution is -2.49. The van der Waals surface area contributed by atoms with Gasteiger partial charge < -0.3 is 5.32 Å². The van der Waals surface area contributed by atoms with E-state index in [1.54, 1.807) is 0 Å².